The van der Waals surface area contributed by atoms with Gasteiger partial charge in [0.2, 0.25) is 16.0 Å². The van der Waals surface area contributed by atoms with Gasteiger partial charge in [-0.3, -0.25) is 4.90 Å². The van der Waals surface area contributed by atoms with Crippen LogP contribution < -0.4 is 15.0 Å². The van der Waals surface area contributed by atoms with E-state index in [1.807, 2.05) is 12.3 Å². The Morgan fingerprint density at radius 1 is 0.875 bits per heavy atom. The van der Waals surface area contributed by atoms with Gasteiger partial charge in [0.1, 0.15) is 11.6 Å². The van der Waals surface area contributed by atoms with Crippen LogP contribution in [-0.2, 0) is 10.0 Å². The number of anilines is 2. The van der Waals surface area contributed by atoms with E-state index < -0.39 is 22.1 Å². The van der Waals surface area contributed by atoms with Crippen molar-refractivity contribution in [2.45, 2.75) is 74.7 Å². The fourth-order valence-corrected chi connectivity index (χ4v) is 7.45. The molecule has 0 aliphatic carbocycles. The number of aromatic nitrogens is 2. The van der Waals surface area contributed by atoms with E-state index >= 15 is 0 Å². The molecule has 2 atom stereocenters. The minimum atomic E-state index is -4.83. The SMILES string of the molecule is O=S(=O)(c1ccc(OC(F)(F)F)cc1)N1CCCC(N2CCCC(Nc3nccc(N4CCCCCC4)n3)C2)C1. The second kappa shape index (κ2) is 12.5. The standard InChI is InChI=1S/C27H37F3N6O3S/c28-27(29,30)39-23-9-11-24(12-10-23)40(37,38)36-18-6-8-22(20-36)35-17-5-7-21(19-35)32-26-31-14-13-25(33-26)34-15-3-1-2-4-16-34/h9-14,21-22H,1-8,15-20H2,(H,31,32,33). The molecule has 220 valence electrons. The molecule has 1 N–H and O–H groups in total. The van der Waals surface area contributed by atoms with Gasteiger partial charge in [-0.2, -0.15) is 9.29 Å². The van der Waals surface area contributed by atoms with Gasteiger partial charge in [-0.1, -0.05) is 12.8 Å². The quantitative estimate of drug-likeness (QED) is 0.511. The van der Waals surface area contributed by atoms with Crippen molar-refractivity contribution < 1.29 is 26.3 Å². The molecule has 0 saturated carbocycles. The van der Waals surface area contributed by atoms with Crippen LogP contribution >= 0.6 is 0 Å². The molecule has 3 aliphatic heterocycles. The lowest BCUT2D eigenvalue weighted by Gasteiger charge is -2.42. The topological polar surface area (TPSA) is 90.9 Å². The zero-order chi connectivity index (χ0) is 28.2. The summed E-state index contributed by atoms with van der Waals surface area (Å²) in [6, 6.07) is 6.59. The Kier molecular flexibility index (Phi) is 9.01. The Bertz CT molecular complexity index is 1220. The predicted molar refractivity (Wildman–Crippen MR) is 146 cm³/mol. The van der Waals surface area contributed by atoms with Gasteiger partial charge in [0.25, 0.3) is 0 Å². The summed E-state index contributed by atoms with van der Waals surface area (Å²) in [5.74, 6) is 1.13. The Labute approximate surface area is 233 Å². The summed E-state index contributed by atoms with van der Waals surface area (Å²) >= 11 is 0. The van der Waals surface area contributed by atoms with Gasteiger partial charge in [0.15, 0.2) is 0 Å². The number of piperidine rings is 2. The summed E-state index contributed by atoms with van der Waals surface area (Å²) in [6.45, 7) is 4.40. The van der Waals surface area contributed by atoms with Crippen molar-refractivity contribution in [1.29, 1.82) is 0 Å². The monoisotopic (exact) mass is 582 g/mol. The highest BCUT2D eigenvalue weighted by Gasteiger charge is 2.35. The number of halogens is 3. The molecule has 2 unspecified atom stereocenters. The van der Waals surface area contributed by atoms with Gasteiger partial charge in [0, 0.05) is 51.0 Å². The number of rotatable bonds is 7. The first-order chi connectivity index (χ1) is 19.2. The number of sulfonamides is 1. The molecular weight excluding hydrogens is 545 g/mol. The maximum absolute atomic E-state index is 13.3. The van der Waals surface area contributed by atoms with Crippen LogP contribution in [0, 0.1) is 0 Å². The highest BCUT2D eigenvalue weighted by atomic mass is 32.2. The summed E-state index contributed by atoms with van der Waals surface area (Å²) in [7, 11) is -3.84. The smallest absolute Gasteiger partial charge is 0.406 e. The van der Waals surface area contributed by atoms with Crippen LogP contribution in [0.15, 0.2) is 41.4 Å². The van der Waals surface area contributed by atoms with Gasteiger partial charge in [0.05, 0.1) is 4.90 Å². The van der Waals surface area contributed by atoms with Crippen LogP contribution in [0.4, 0.5) is 24.9 Å². The average molecular weight is 583 g/mol. The van der Waals surface area contributed by atoms with Gasteiger partial charge < -0.3 is 15.0 Å². The van der Waals surface area contributed by atoms with Crippen LogP contribution in [0.2, 0.25) is 0 Å². The van der Waals surface area contributed by atoms with E-state index in [-0.39, 0.29) is 17.0 Å². The Morgan fingerprint density at radius 2 is 1.60 bits per heavy atom. The van der Waals surface area contributed by atoms with E-state index in [2.05, 4.69) is 24.8 Å². The number of likely N-dealkylation sites (tertiary alicyclic amines) is 1. The summed E-state index contributed by atoms with van der Waals surface area (Å²) in [5, 5.41) is 3.52. The van der Waals surface area contributed by atoms with Crippen LogP contribution in [0.5, 0.6) is 5.75 Å². The third-order valence-corrected chi connectivity index (χ3v) is 9.81. The normalized spacial score (nSPS) is 23.9. The molecule has 40 heavy (non-hydrogen) atoms. The Hall–Kier alpha value is -2.64. The number of nitrogens with zero attached hydrogens (tertiary/aromatic N) is 5. The van der Waals surface area contributed by atoms with E-state index in [0.29, 0.717) is 19.0 Å². The molecule has 5 rings (SSSR count). The van der Waals surface area contributed by atoms with E-state index in [9.17, 15) is 21.6 Å². The molecule has 0 amide bonds. The number of ether oxygens (including phenoxy) is 1. The first-order valence-electron chi connectivity index (χ1n) is 14.1. The fourth-order valence-electron chi connectivity index (χ4n) is 5.93. The van der Waals surface area contributed by atoms with Crippen molar-refractivity contribution in [2.24, 2.45) is 0 Å². The summed E-state index contributed by atoms with van der Waals surface area (Å²) < 4.78 is 69.4. The van der Waals surface area contributed by atoms with Gasteiger partial charge in [-0.25, -0.2) is 13.4 Å². The molecule has 1 aromatic heterocycles. The largest absolute Gasteiger partial charge is 0.573 e. The maximum atomic E-state index is 13.3. The predicted octanol–water partition coefficient (Wildman–Crippen LogP) is 4.49. The van der Waals surface area contributed by atoms with Gasteiger partial charge >= 0.3 is 6.36 Å². The number of hydrogen-bond donors (Lipinski definition) is 1. The average Bonchev–Trinajstić information content (AvgIpc) is 3.23. The zero-order valence-electron chi connectivity index (χ0n) is 22.5. The molecule has 0 radical (unpaired) electrons. The third-order valence-electron chi connectivity index (χ3n) is 7.93. The summed E-state index contributed by atoms with van der Waals surface area (Å²) in [5.41, 5.74) is 0. The molecule has 3 fully saturated rings. The Morgan fingerprint density at radius 3 is 2.33 bits per heavy atom. The molecule has 0 spiro atoms. The first kappa shape index (κ1) is 28.9. The maximum Gasteiger partial charge on any atom is 0.573 e. The van der Waals surface area contributed by atoms with Crippen LogP contribution in [-0.4, -0.2) is 85.3 Å². The van der Waals surface area contributed by atoms with Crippen molar-refractivity contribution in [3.8, 4) is 5.75 Å². The van der Waals surface area contributed by atoms with Crippen molar-refractivity contribution in [1.82, 2.24) is 19.2 Å². The molecular formula is C27H37F3N6O3S. The minimum absolute atomic E-state index is 0.0395. The fraction of sp³-hybridized carbons (Fsp3) is 0.630. The van der Waals surface area contributed by atoms with E-state index in [1.54, 1.807) is 0 Å². The number of alkyl halides is 3. The van der Waals surface area contributed by atoms with Crippen LogP contribution in [0.25, 0.3) is 0 Å². The molecule has 9 nitrogen and oxygen atoms in total. The molecule has 2 aromatic rings. The highest BCUT2D eigenvalue weighted by molar-refractivity contribution is 7.89. The van der Waals surface area contributed by atoms with E-state index in [1.165, 1.54) is 42.1 Å². The molecule has 13 heteroatoms. The molecule has 3 aliphatic rings. The second-order valence-electron chi connectivity index (χ2n) is 10.8. The second-order valence-corrected chi connectivity index (χ2v) is 12.7. The van der Waals surface area contributed by atoms with Gasteiger partial charge in [-0.15, -0.1) is 13.2 Å². The van der Waals surface area contributed by atoms with Crippen molar-refractivity contribution in [2.75, 3.05) is 49.5 Å². The van der Waals surface area contributed by atoms with Crippen LogP contribution in [0.1, 0.15) is 51.4 Å². The molecule has 0 bridgehead atoms. The zero-order valence-corrected chi connectivity index (χ0v) is 23.3. The lowest BCUT2D eigenvalue weighted by atomic mass is 9.99. The van der Waals surface area contributed by atoms with E-state index in [0.717, 1.165) is 69.8 Å². The summed E-state index contributed by atoms with van der Waals surface area (Å²) in [4.78, 5) is 13.9. The van der Waals surface area contributed by atoms with Crippen molar-refractivity contribution in [3.05, 3.63) is 36.5 Å². The molecule has 3 saturated heterocycles. The summed E-state index contributed by atoms with van der Waals surface area (Å²) in [6.07, 6.45) is 5.41. The van der Waals surface area contributed by atoms with Gasteiger partial charge in [-0.05, 0) is 75.4 Å². The molecule has 1 aromatic carbocycles. The van der Waals surface area contributed by atoms with Crippen LogP contribution in [0.3, 0.4) is 0 Å². The molecule has 4 heterocycles. The number of hydrogen-bond acceptors (Lipinski definition) is 8. The minimum Gasteiger partial charge on any atom is -0.406 e. The lowest BCUT2D eigenvalue weighted by molar-refractivity contribution is -0.274. The Balaban J connectivity index is 1.20. The van der Waals surface area contributed by atoms with Crippen molar-refractivity contribution in [3.63, 3.8) is 0 Å². The number of benzene rings is 1. The third kappa shape index (κ3) is 7.35. The van der Waals surface area contributed by atoms with Crippen molar-refractivity contribution >= 4 is 21.8 Å². The van der Waals surface area contributed by atoms with E-state index in [4.69, 9.17) is 4.98 Å². The highest BCUT2D eigenvalue weighted by Crippen LogP contribution is 2.28. The first-order valence-corrected chi connectivity index (χ1v) is 15.6. The number of nitrogens with one attached hydrogen (secondary N) is 1. The lowest BCUT2D eigenvalue weighted by Crippen LogP contribution is -2.54.